The van der Waals surface area contributed by atoms with Crippen molar-refractivity contribution in [2.45, 2.75) is 19.4 Å². The van der Waals surface area contributed by atoms with Crippen molar-refractivity contribution in [2.24, 2.45) is 0 Å². The zero-order valence-electron chi connectivity index (χ0n) is 12.6. The standard InChI is InChI=1S/C15H14N4O4/c1-15(2)9-17(14-5-3-4-6-18(14)20)12-7-10-11(8-13(12)22-15)19(21)23-16-10/h3-8H,9H2,1-2H3. The monoisotopic (exact) mass is 314 g/mol. The first-order chi connectivity index (χ1) is 10.9. The number of nitrogens with zero attached hydrogens (tertiary/aromatic N) is 4. The molecule has 0 atom stereocenters. The van der Waals surface area contributed by atoms with E-state index in [-0.39, 0.29) is 5.52 Å². The van der Waals surface area contributed by atoms with Crippen LogP contribution in [0.2, 0.25) is 0 Å². The van der Waals surface area contributed by atoms with Crippen LogP contribution in [0.25, 0.3) is 11.0 Å². The minimum absolute atomic E-state index is 0.282. The quantitative estimate of drug-likeness (QED) is 0.498. The van der Waals surface area contributed by atoms with Gasteiger partial charge in [-0.2, -0.15) is 0 Å². The van der Waals surface area contributed by atoms with Crippen LogP contribution in [0.15, 0.2) is 41.2 Å². The third-order valence-electron chi connectivity index (χ3n) is 3.76. The number of fused-ring (bicyclic) bond motifs is 2. The Balaban J connectivity index is 1.95. The number of ether oxygens (including phenoxy) is 1. The van der Waals surface area contributed by atoms with Crippen LogP contribution >= 0.6 is 0 Å². The molecule has 8 heteroatoms. The first-order valence-electron chi connectivity index (χ1n) is 7.13. The van der Waals surface area contributed by atoms with E-state index in [1.54, 1.807) is 30.3 Å². The summed E-state index contributed by atoms with van der Waals surface area (Å²) >= 11 is 0. The van der Waals surface area contributed by atoms with Crippen LogP contribution in [-0.4, -0.2) is 17.3 Å². The zero-order valence-corrected chi connectivity index (χ0v) is 12.6. The second kappa shape index (κ2) is 4.48. The summed E-state index contributed by atoms with van der Waals surface area (Å²) < 4.78 is 11.4. The molecule has 23 heavy (non-hydrogen) atoms. The Hall–Kier alpha value is -3.03. The van der Waals surface area contributed by atoms with E-state index < -0.39 is 5.60 Å². The molecule has 0 radical (unpaired) electrons. The lowest BCUT2D eigenvalue weighted by Gasteiger charge is -2.36. The van der Waals surface area contributed by atoms with Crippen LogP contribution in [0, 0.1) is 10.4 Å². The van der Waals surface area contributed by atoms with Gasteiger partial charge in [-0.25, -0.2) is 9.63 Å². The van der Waals surface area contributed by atoms with Gasteiger partial charge in [0.25, 0.3) is 11.3 Å². The molecule has 0 aliphatic carbocycles. The van der Waals surface area contributed by atoms with Crippen molar-refractivity contribution in [3.8, 4) is 5.75 Å². The number of hydrogen-bond acceptors (Lipinski definition) is 6. The highest BCUT2D eigenvalue weighted by Crippen LogP contribution is 2.41. The zero-order chi connectivity index (χ0) is 16.2. The van der Waals surface area contributed by atoms with Crippen molar-refractivity contribution in [1.82, 2.24) is 5.16 Å². The molecule has 4 rings (SSSR count). The molecule has 8 nitrogen and oxygen atoms in total. The lowest BCUT2D eigenvalue weighted by atomic mass is 10.0. The SMILES string of the molecule is CC1(C)CN(c2cccc[n+]2[O-])c2cc3no[n+]([O-])c3cc2O1. The predicted molar refractivity (Wildman–Crippen MR) is 80.1 cm³/mol. The number of hydrogen-bond donors (Lipinski definition) is 0. The van der Waals surface area contributed by atoms with Crippen molar-refractivity contribution < 1.29 is 19.0 Å². The minimum Gasteiger partial charge on any atom is -0.711 e. The van der Waals surface area contributed by atoms with E-state index in [0.717, 1.165) is 4.73 Å². The molecule has 2 aromatic heterocycles. The van der Waals surface area contributed by atoms with Crippen LogP contribution in [0.1, 0.15) is 13.8 Å². The molecule has 0 saturated heterocycles. The van der Waals surface area contributed by atoms with Gasteiger partial charge in [-0.1, -0.05) is 6.07 Å². The number of pyridine rings is 1. The van der Waals surface area contributed by atoms with E-state index in [1.165, 1.54) is 6.20 Å². The Bertz CT molecular complexity index is 906. The maximum atomic E-state index is 12.2. The molecule has 3 heterocycles. The summed E-state index contributed by atoms with van der Waals surface area (Å²) in [6, 6.07) is 8.47. The highest BCUT2D eigenvalue weighted by Gasteiger charge is 2.39. The highest BCUT2D eigenvalue weighted by atomic mass is 16.8. The maximum Gasteiger partial charge on any atom is 0.285 e. The summed E-state index contributed by atoms with van der Waals surface area (Å²) in [5, 5.41) is 27.5. The van der Waals surface area contributed by atoms with Crippen LogP contribution in [0.5, 0.6) is 5.75 Å². The fourth-order valence-electron chi connectivity index (χ4n) is 2.81. The molecule has 118 valence electrons. The van der Waals surface area contributed by atoms with E-state index in [0.29, 0.717) is 34.2 Å². The smallest absolute Gasteiger partial charge is 0.285 e. The Labute approximate surface area is 131 Å². The van der Waals surface area contributed by atoms with Gasteiger partial charge >= 0.3 is 0 Å². The summed E-state index contributed by atoms with van der Waals surface area (Å²) in [5.74, 6) is 0.980. The maximum absolute atomic E-state index is 12.2. The highest BCUT2D eigenvalue weighted by molar-refractivity contribution is 5.83. The number of aromatic nitrogens is 3. The molecule has 0 unspecified atom stereocenters. The minimum atomic E-state index is -0.533. The summed E-state index contributed by atoms with van der Waals surface area (Å²) in [4.78, 5) is 2.19. The third-order valence-corrected chi connectivity index (χ3v) is 3.76. The Kier molecular flexibility index (Phi) is 2.65. The van der Waals surface area contributed by atoms with Gasteiger partial charge in [0.1, 0.15) is 12.1 Å². The molecule has 0 bridgehead atoms. The second-order valence-electron chi connectivity index (χ2n) is 6.07. The van der Waals surface area contributed by atoms with Crippen molar-refractivity contribution in [3.63, 3.8) is 0 Å². The van der Waals surface area contributed by atoms with Gasteiger partial charge in [0.15, 0.2) is 11.4 Å². The fraction of sp³-hybridized carbons (Fsp3) is 0.267. The van der Waals surface area contributed by atoms with E-state index in [9.17, 15) is 10.4 Å². The van der Waals surface area contributed by atoms with E-state index in [1.807, 2.05) is 18.7 Å². The topological polar surface area (TPSA) is 92.4 Å². The molecule has 1 aliphatic rings. The van der Waals surface area contributed by atoms with E-state index >= 15 is 0 Å². The average molecular weight is 314 g/mol. The molecule has 0 saturated carbocycles. The normalized spacial score (nSPS) is 16.2. The van der Waals surface area contributed by atoms with Crippen molar-refractivity contribution in [3.05, 3.63) is 46.9 Å². The number of anilines is 2. The number of benzene rings is 1. The van der Waals surface area contributed by atoms with Gasteiger partial charge in [0.2, 0.25) is 5.52 Å². The molecule has 3 aromatic rings. The van der Waals surface area contributed by atoms with E-state index in [4.69, 9.17) is 4.74 Å². The lowest BCUT2D eigenvalue weighted by molar-refractivity contribution is -0.782. The molecular formula is C15H14N4O4. The van der Waals surface area contributed by atoms with Crippen LogP contribution in [0.3, 0.4) is 0 Å². The van der Waals surface area contributed by atoms with Gasteiger partial charge in [-0.15, -0.1) is 0 Å². The third kappa shape index (κ3) is 2.10. The van der Waals surface area contributed by atoms with Crippen LogP contribution < -0.4 is 19.3 Å². The first kappa shape index (κ1) is 13.6. The van der Waals surface area contributed by atoms with Gasteiger partial charge in [-0.3, -0.25) is 4.63 Å². The predicted octanol–water partition coefficient (Wildman–Crippen LogP) is 1.40. The van der Waals surface area contributed by atoms with Gasteiger partial charge < -0.3 is 15.2 Å². The molecule has 0 fully saturated rings. The summed E-state index contributed by atoms with van der Waals surface area (Å²) in [5.41, 5.74) is 0.820. The average Bonchev–Trinajstić information content (AvgIpc) is 2.85. The summed E-state index contributed by atoms with van der Waals surface area (Å²) in [6.07, 6.45) is 1.44. The molecule has 1 aromatic carbocycles. The van der Waals surface area contributed by atoms with Gasteiger partial charge in [0, 0.05) is 23.4 Å². The largest absolute Gasteiger partial charge is 0.711 e. The molecule has 0 spiro atoms. The molecule has 0 amide bonds. The molecule has 1 aliphatic heterocycles. The summed E-state index contributed by atoms with van der Waals surface area (Å²) in [6.45, 7) is 4.32. The van der Waals surface area contributed by atoms with Crippen molar-refractivity contribution in [2.75, 3.05) is 11.4 Å². The number of rotatable bonds is 1. The summed E-state index contributed by atoms with van der Waals surface area (Å²) in [7, 11) is 0. The molecular weight excluding hydrogens is 300 g/mol. The lowest BCUT2D eigenvalue weighted by Crippen LogP contribution is -2.48. The van der Waals surface area contributed by atoms with Gasteiger partial charge in [0.05, 0.1) is 6.20 Å². The fourth-order valence-corrected chi connectivity index (χ4v) is 2.81. The van der Waals surface area contributed by atoms with Crippen molar-refractivity contribution >= 4 is 22.5 Å². The van der Waals surface area contributed by atoms with E-state index in [2.05, 4.69) is 9.79 Å². The Morgan fingerprint density at radius 1 is 1.26 bits per heavy atom. The Morgan fingerprint density at radius 3 is 2.87 bits per heavy atom. The second-order valence-corrected chi connectivity index (χ2v) is 6.07. The molecule has 0 N–H and O–H groups in total. The van der Waals surface area contributed by atoms with Crippen molar-refractivity contribution in [1.29, 1.82) is 0 Å². The first-order valence-corrected chi connectivity index (χ1v) is 7.13. The van der Waals surface area contributed by atoms with Crippen LogP contribution in [-0.2, 0) is 0 Å². The van der Waals surface area contributed by atoms with Crippen LogP contribution in [0.4, 0.5) is 11.5 Å². The Morgan fingerprint density at radius 2 is 2.09 bits per heavy atom. The van der Waals surface area contributed by atoms with Gasteiger partial charge in [-0.05, 0) is 24.8 Å².